The lowest BCUT2D eigenvalue weighted by molar-refractivity contribution is 1.07. The minimum absolute atomic E-state index is 1.18. The third-order valence-corrected chi connectivity index (χ3v) is 3.91. The van der Waals surface area contributed by atoms with Crippen molar-refractivity contribution in [3.63, 3.8) is 0 Å². The molecule has 0 saturated heterocycles. The lowest BCUT2D eigenvalue weighted by Crippen LogP contribution is -1.87. The molecule has 86 valence electrons. The van der Waals surface area contributed by atoms with Gasteiger partial charge in [-0.3, -0.25) is 0 Å². The van der Waals surface area contributed by atoms with Gasteiger partial charge in [-0.1, -0.05) is 60.7 Å². The van der Waals surface area contributed by atoms with Crippen LogP contribution in [0.25, 0.3) is 22.8 Å². The molecule has 0 saturated carbocycles. The van der Waals surface area contributed by atoms with Gasteiger partial charge in [0.05, 0.1) is 0 Å². The second-order valence-electron chi connectivity index (χ2n) is 4.96. The van der Waals surface area contributed by atoms with Crippen LogP contribution in [0.1, 0.15) is 24.0 Å². The SMILES string of the molecule is C1=C2CCC=C2c2ccccc2-c2ccccc21. The molecule has 4 rings (SSSR count). The highest BCUT2D eigenvalue weighted by Gasteiger charge is 2.21. The van der Waals surface area contributed by atoms with Gasteiger partial charge in [0.1, 0.15) is 0 Å². The largest absolute Gasteiger partial charge is 0.0760 e. The number of fused-ring (bicyclic) bond motifs is 5. The van der Waals surface area contributed by atoms with E-state index in [1.165, 1.54) is 46.2 Å². The van der Waals surface area contributed by atoms with E-state index < -0.39 is 0 Å². The summed E-state index contributed by atoms with van der Waals surface area (Å²) >= 11 is 0. The monoisotopic (exact) mass is 230 g/mol. The Hall–Kier alpha value is -2.08. The molecule has 2 aromatic rings. The minimum atomic E-state index is 1.18. The summed E-state index contributed by atoms with van der Waals surface area (Å²) < 4.78 is 0. The summed E-state index contributed by atoms with van der Waals surface area (Å²) in [6, 6.07) is 17.5. The summed E-state index contributed by atoms with van der Waals surface area (Å²) in [5.41, 5.74) is 8.41. The topological polar surface area (TPSA) is 0 Å². The number of hydrogen-bond donors (Lipinski definition) is 0. The Kier molecular flexibility index (Phi) is 2.04. The van der Waals surface area contributed by atoms with E-state index in [1.807, 2.05) is 0 Å². The fourth-order valence-electron chi connectivity index (χ4n) is 3.08. The zero-order chi connectivity index (χ0) is 11.9. The van der Waals surface area contributed by atoms with E-state index in [9.17, 15) is 0 Å². The average molecular weight is 230 g/mol. The number of benzene rings is 2. The molecule has 0 radical (unpaired) electrons. The molecule has 0 atom stereocenters. The predicted octanol–water partition coefficient (Wildman–Crippen LogP) is 4.93. The molecule has 2 aliphatic rings. The molecule has 0 nitrogen and oxygen atoms in total. The first-order valence-corrected chi connectivity index (χ1v) is 6.53. The van der Waals surface area contributed by atoms with E-state index in [0.29, 0.717) is 0 Å². The highest BCUT2D eigenvalue weighted by Crippen LogP contribution is 2.43. The van der Waals surface area contributed by atoms with Crippen LogP contribution in [0.4, 0.5) is 0 Å². The minimum Gasteiger partial charge on any atom is -0.0760 e. The van der Waals surface area contributed by atoms with E-state index in [2.05, 4.69) is 60.7 Å². The van der Waals surface area contributed by atoms with Crippen LogP contribution in [0.15, 0.2) is 60.2 Å². The third kappa shape index (κ3) is 1.32. The van der Waals surface area contributed by atoms with Gasteiger partial charge in [0, 0.05) is 0 Å². The Morgan fingerprint density at radius 3 is 2.33 bits per heavy atom. The fourth-order valence-corrected chi connectivity index (χ4v) is 3.08. The van der Waals surface area contributed by atoms with Crippen LogP contribution in [0.3, 0.4) is 0 Å². The molecule has 0 aromatic heterocycles. The van der Waals surface area contributed by atoms with Crippen molar-refractivity contribution >= 4 is 11.6 Å². The van der Waals surface area contributed by atoms with Gasteiger partial charge in [0.25, 0.3) is 0 Å². The molecule has 0 aliphatic heterocycles. The fraction of sp³-hybridized carbons (Fsp3) is 0.111. The van der Waals surface area contributed by atoms with E-state index in [1.54, 1.807) is 0 Å². The van der Waals surface area contributed by atoms with Crippen LogP contribution in [0.5, 0.6) is 0 Å². The Bertz CT molecular complexity index is 687. The van der Waals surface area contributed by atoms with Gasteiger partial charge in [-0.05, 0) is 46.2 Å². The van der Waals surface area contributed by atoms with Gasteiger partial charge in [-0.25, -0.2) is 0 Å². The van der Waals surface area contributed by atoms with Crippen molar-refractivity contribution in [2.24, 2.45) is 0 Å². The van der Waals surface area contributed by atoms with Crippen molar-refractivity contribution in [3.8, 4) is 11.1 Å². The van der Waals surface area contributed by atoms with Crippen molar-refractivity contribution in [2.75, 3.05) is 0 Å². The average Bonchev–Trinajstić information content (AvgIpc) is 2.83. The first-order chi connectivity index (χ1) is 8.93. The first kappa shape index (κ1) is 9.90. The van der Waals surface area contributed by atoms with Crippen LogP contribution in [-0.4, -0.2) is 0 Å². The zero-order valence-corrected chi connectivity index (χ0v) is 10.2. The molecule has 2 aromatic carbocycles. The second-order valence-corrected chi connectivity index (χ2v) is 4.96. The Morgan fingerprint density at radius 2 is 1.44 bits per heavy atom. The summed E-state index contributed by atoms with van der Waals surface area (Å²) in [7, 11) is 0. The van der Waals surface area contributed by atoms with Gasteiger partial charge in [-0.15, -0.1) is 0 Å². The molecule has 0 amide bonds. The summed E-state index contributed by atoms with van der Waals surface area (Å²) in [4.78, 5) is 0. The molecule has 2 aliphatic carbocycles. The maximum Gasteiger partial charge on any atom is -0.00994 e. The lowest BCUT2D eigenvalue weighted by Gasteiger charge is -2.09. The van der Waals surface area contributed by atoms with Gasteiger partial charge in [0.15, 0.2) is 0 Å². The standard InChI is InChI=1S/C18H14/c1-2-8-15-13(6-1)12-14-7-5-11-16(14)18-10-4-3-9-17(15)18/h1-4,6,8-12H,5,7H2. The number of allylic oxidation sites excluding steroid dienone is 3. The molecule has 0 spiro atoms. The quantitative estimate of drug-likeness (QED) is 0.602. The molecular weight excluding hydrogens is 216 g/mol. The highest BCUT2D eigenvalue weighted by atomic mass is 14.2. The van der Waals surface area contributed by atoms with Gasteiger partial charge in [0.2, 0.25) is 0 Å². The molecule has 0 bridgehead atoms. The molecule has 0 heteroatoms. The summed E-state index contributed by atoms with van der Waals surface area (Å²) in [5.74, 6) is 0. The Balaban J connectivity index is 2.12. The Labute approximate surface area is 107 Å². The smallest absolute Gasteiger partial charge is 0.00994 e. The predicted molar refractivity (Wildman–Crippen MR) is 77.1 cm³/mol. The van der Waals surface area contributed by atoms with E-state index in [4.69, 9.17) is 0 Å². The molecule has 0 heterocycles. The van der Waals surface area contributed by atoms with Crippen LogP contribution in [0.2, 0.25) is 0 Å². The highest BCUT2D eigenvalue weighted by molar-refractivity contribution is 5.98. The normalized spacial score (nSPS) is 16.0. The van der Waals surface area contributed by atoms with Gasteiger partial charge >= 0.3 is 0 Å². The van der Waals surface area contributed by atoms with Crippen molar-refractivity contribution in [2.45, 2.75) is 12.8 Å². The summed E-state index contributed by atoms with van der Waals surface area (Å²) in [5, 5.41) is 0. The van der Waals surface area contributed by atoms with Crippen LogP contribution in [0, 0.1) is 0 Å². The second kappa shape index (κ2) is 3.71. The molecule has 18 heavy (non-hydrogen) atoms. The zero-order valence-electron chi connectivity index (χ0n) is 10.2. The van der Waals surface area contributed by atoms with Crippen molar-refractivity contribution in [1.29, 1.82) is 0 Å². The van der Waals surface area contributed by atoms with Crippen LogP contribution in [-0.2, 0) is 0 Å². The van der Waals surface area contributed by atoms with E-state index >= 15 is 0 Å². The van der Waals surface area contributed by atoms with E-state index in [0.717, 1.165) is 0 Å². The maximum atomic E-state index is 2.39. The maximum absolute atomic E-state index is 2.39. The molecule has 0 unspecified atom stereocenters. The number of rotatable bonds is 0. The molecule has 0 N–H and O–H groups in total. The van der Waals surface area contributed by atoms with Crippen molar-refractivity contribution < 1.29 is 0 Å². The van der Waals surface area contributed by atoms with Crippen molar-refractivity contribution in [3.05, 3.63) is 71.3 Å². The lowest BCUT2D eigenvalue weighted by atomic mass is 9.94. The van der Waals surface area contributed by atoms with Gasteiger partial charge in [-0.2, -0.15) is 0 Å². The van der Waals surface area contributed by atoms with E-state index in [-0.39, 0.29) is 0 Å². The number of hydrogen-bond acceptors (Lipinski definition) is 0. The third-order valence-electron chi connectivity index (χ3n) is 3.91. The van der Waals surface area contributed by atoms with Gasteiger partial charge < -0.3 is 0 Å². The van der Waals surface area contributed by atoms with Crippen LogP contribution >= 0.6 is 0 Å². The summed E-state index contributed by atoms with van der Waals surface area (Å²) in [6.45, 7) is 0. The Morgan fingerprint density at radius 1 is 0.722 bits per heavy atom. The van der Waals surface area contributed by atoms with Crippen molar-refractivity contribution in [1.82, 2.24) is 0 Å². The first-order valence-electron chi connectivity index (χ1n) is 6.53. The summed E-state index contributed by atoms with van der Waals surface area (Å²) in [6.07, 6.45) is 7.11. The van der Waals surface area contributed by atoms with Crippen LogP contribution < -0.4 is 0 Å². The molecular formula is C18H14. The molecule has 0 fully saturated rings.